The maximum absolute atomic E-state index is 12.1. The lowest BCUT2D eigenvalue weighted by Gasteiger charge is -2.13. The lowest BCUT2D eigenvalue weighted by molar-refractivity contribution is -0.134. The van der Waals surface area contributed by atoms with E-state index < -0.39 is 5.97 Å². The summed E-state index contributed by atoms with van der Waals surface area (Å²) >= 11 is 0. The Morgan fingerprint density at radius 3 is 2.78 bits per heavy atom. The number of esters is 1. The van der Waals surface area contributed by atoms with Gasteiger partial charge in [0.15, 0.2) is 0 Å². The number of nitrogens with one attached hydrogen (secondary N) is 1. The van der Waals surface area contributed by atoms with E-state index in [0.717, 1.165) is 11.2 Å². The van der Waals surface area contributed by atoms with Gasteiger partial charge in [-0.3, -0.25) is 4.79 Å². The zero-order valence-electron chi connectivity index (χ0n) is 13.2. The summed E-state index contributed by atoms with van der Waals surface area (Å²) in [6.07, 6.45) is 4.26. The van der Waals surface area contributed by atoms with Crippen LogP contribution in [0.3, 0.4) is 0 Å². The normalized spacial score (nSPS) is 10.7. The molecule has 2 aromatic rings. The van der Waals surface area contributed by atoms with Crippen LogP contribution in [0.5, 0.6) is 0 Å². The Balaban J connectivity index is 2.13. The predicted molar refractivity (Wildman–Crippen MR) is 87.4 cm³/mol. The number of benzene rings is 1. The number of aromatic nitrogens is 2. The van der Waals surface area contributed by atoms with Crippen LogP contribution >= 0.6 is 0 Å². The van der Waals surface area contributed by atoms with Gasteiger partial charge in [-0.2, -0.15) is 0 Å². The lowest BCUT2D eigenvalue weighted by Crippen LogP contribution is -2.23. The molecule has 0 unspecified atom stereocenters. The highest BCUT2D eigenvalue weighted by Crippen LogP contribution is 2.22. The number of rotatable bonds is 5. The fourth-order valence-electron chi connectivity index (χ4n) is 2.02. The zero-order valence-corrected chi connectivity index (χ0v) is 13.2. The molecule has 1 amide bonds. The molecular formula is C16H18N4O3. The molecule has 1 heterocycles. The highest BCUT2D eigenvalue weighted by Gasteiger charge is 2.09. The van der Waals surface area contributed by atoms with Gasteiger partial charge in [-0.15, -0.1) is 0 Å². The van der Waals surface area contributed by atoms with Crippen molar-refractivity contribution in [2.45, 2.75) is 0 Å². The number of fused-ring (bicyclic) bond motifs is 1. The van der Waals surface area contributed by atoms with Gasteiger partial charge in [-0.1, -0.05) is 6.08 Å². The Bertz CT molecular complexity index is 756. The first kappa shape index (κ1) is 16.4. The van der Waals surface area contributed by atoms with E-state index in [9.17, 15) is 9.59 Å². The van der Waals surface area contributed by atoms with Gasteiger partial charge in [0.1, 0.15) is 12.1 Å². The smallest absolute Gasteiger partial charge is 0.330 e. The molecule has 0 aliphatic carbocycles. The van der Waals surface area contributed by atoms with Crippen molar-refractivity contribution in [2.24, 2.45) is 0 Å². The van der Waals surface area contributed by atoms with Gasteiger partial charge >= 0.3 is 5.97 Å². The number of anilines is 1. The number of carbonyl (C=O) groups is 2. The lowest BCUT2D eigenvalue weighted by atomic mass is 10.1. The topological polar surface area (TPSA) is 84.4 Å². The number of methoxy groups -OCH3 is 1. The quantitative estimate of drug-likeness (QED) is 0.658. The third-order valence-corrected chi connectivity index (χ3v) is 3.14. The molecule has 0 fully saturated rings. The van der Waals surface area contributed by atoms with Crippen molar-refractivity contribution >= 4 is 28.6 Å². The summed E-state index contributed by atoms with van der Waals surface area (Å²) in [5.41, 5.74) is 1.19. The first-order valence-corrected chi connectivity index (χ1v) is 6.97. The molecule has 120 valence electrons. The van der Waals surface area contributed by atoms with Crippen LogP contribution in [0.2, 0.25) is 0 Å². The second-order valence-electron chi connectivity index (χ2n) is 4.96. The fourth-order valence-corrected chi connectivity index (χ4v) is 2.02. The summed E-state index contributed by atoms with van der Waals surface area (Å²) in [6, 6.07) is 5.26. The van der Waals surface area contributed by atoms with Crippen molar-refractivity contribution in [3.05, 3.63) is 42.2 Å². The summed E-state index contributed by atoms with van der Waals surface area (Å²) in [7, 11) is 5.09. The van der Waals surface area contributed by atoms with E-state index in [1.165, 1.54) is 25.6 Å². The molecular weight excluding hydrogens is 296 g/mol. The van der Waals surface area contributed by atoms with Gasteiger partial charge in [0.05, 0.1) is 12.6 Å². The molecule has 7 nitrogen and oxygen atoms in total. The molecule has 7 heteroatoms. The first-order valence-electron chi connectivity index (χ1n) is 6.97. The van der Waals surface area contributed by atoms with E-state index in [-0.39, 0.29) is 12.5 Å². The third kappa shape index (κ3) is 4.03. The van der Waals surface area contributed by atoms with Crippen molar-refractivity contribution in [3.8, 4) is 0 Å². The van der Waals surface area contributed by atoms with Crippen molar-refractivity contribution < 1.29 is 14.3 Å². The molecule has 0 aliphatic rings. The maximum Gasteiger partial charge on any atom is 0.330 e. The van der Waals surface area contributed by atoms with Crippen LogP contribution in [0.1, 0.15) is 10.4 Å². The van der Waals surface area contributed by atoms with Crippen LogP contribution < -0.4 is 10.2 Å². The van der Waals surface area contributed by atoms with Gasteiger partial charge in [-0.25, -0.2) is 14.8 Å². The highest BCUT2D eigenvalue weighted by molar-refractivity contribution is 5.99. The van der Waals surface area contributed by atoms with E-state index in [4.69, 9.17) is 0 Å². The SMILES string of the molecule is COC(=O)/C=C/CNC(=O)c1ccc2c(N(C)C)ncnc2c1. The van der Waals surface area contributed by atoms with Crippen LogP contribution in [0, 0.1) is 0 Å². The monoisotopic (exact) mass is 314 g/mol. The number of amides is 1. The van der Waals surface area contributed by atoms with Crippen molar-refractivity contribution in [2.75, 3.05) is 32.6 Å². The summed E-state index contributed by atoms with van der Waals surface area (Å²) in [4.78, 5) is 33.3. The van der Waals surface area contributed by atoms with Gasteiger partial charge in [-0.05, 0) is 18.2 Å². The van der Waals surface area contributed by atoms with Crippen LogP contribution in [-0.4, -0.2) is 49.6 Å². The number of hydrogen-bond acceptors (Lipinski definition) is 6. The second kappa shape index (κ2) is 7.35. The van der Waals surface area contributed by atoms with E-state index in [2.05, 4.69) is 20.0 Å². The molecule has 0 atom stereocenters. The van der Waals surface area contributed by atoms with Crippen molar-refractivity contribution in [1.82, 2.24) is 15.3 Å². The third-order valence-electron chi connectivity index (χ3n) is 3.14. The second-order valence-corrected chi connectivity index (χ2v) is 4.96. The molecule has 23 heavy (non-hydrogen) atoms. The Labute approximate surface area is 134 Å². The summed E-state index contributed by atoms with van der Waals surface area (Å²) < 4.78 is 4.46. The number of ether oxygens (including phenoxy) is 1. The number of carbonyl (C=O) groups excluding carboxylic acids is 2. The standard InChI is InChI=1S/C16H18N4O3/c1-20(2)15-12-7-6-11(9-13(12)18-10-19-15)16(22)17-8-4-5-14(21)23-3/h4-7,9-10H,8H2,1-3H3,(H,17,22)/b5-4+. The minimum absolute atomic E-state index is 0.235. The Morgan fingerprint density at radius 1 is 1.30 bits per heavy atom. The number of nitrogens with zero attached hydrogens (tertiary/aromatic N) is 3. The van der Waals surface area contributed by atoms with E-state index >= 15 is 0 Å². The molecule has 0 radical (unpaired) electrons. The molecule has 0 saturated carbocycles. The van der Waals surface area contributed by atoms with Crippen molar-refractivity contribution in [3.63, 3.8) is 0 Å². The fraction of sp³-hybridized carbons (Fsp3) is 0.250. The van der Waals surface area contributed by atoms with E-state index in [1.807, 2.05) is 25.1 Å². The summed E-state index contributed by atoms with van der Waals surface area (Å²) in [5, 5.41) is 3.57. The molecule has 0 saturated heterocycles. The minimum atomic E-state index is -0.460. The van der Waals surface area contributed by atoms with Gasteiger partial charge in [0.2, 0.25) is 0 Å². The van der Waals surface area contributed by atoms with Crippen LogP contribution in [0.15, 0.2) is 36.7 Å². The molecule has 1 aromatic carbocycles. The molecule has 1 N–H and O–H groups in total. The van der Waals surface area contributed by atoms with Crippen LogP contribution in [0.25, 0.3) is 10.9 Å². The zero-order chi connectivity index (χ0) is 16.8. The Kier molecular flexibility index (Phi) is 5.24. The molecule has 0 aliphatic heterocycles. The highest BCUT2D eigenvalue weighted by atomic mass is 16.5. The van der Waals surface area contributed by atoms with Gasteiger partial charge < -0.3 is 15.0 Å². The summed E-state index contributed by atoms with van der Waals surface area (Å²) in [5.74, 6) is 0.0901. The molecule has 1 aromatic heterocycles. The van der Waals surface area contributed by atoms with Gasteiger partial charge in [0.25, 0.3) is 5.91 Å². The van der Waals surface area contributed by atoms with Crippen molar-refractivity contribution in [1.29, 1.82) is 0 Å². The predicted octanol–water partition coefficient (Wildman–Crippen LogP) is 1.15. The molecule has 2 rings (SSSR count). The molecule has 0 spiro atoms. The Morgan fingerprint density at radius 2 is 2.09 bits per heavy atom. The molecule has 0 bridgehead atoms. The van der Waals surface area contributed by atoms with Crippen LogP contribution in [-0.2, 0) is 9.53 Å². The number of hydrogen-bond donors (Lipinski definition) is 1. The summed E-state index contributed by atoms with van der Waals surface area (Å²) in [6.45, 7) is 0.235. The maximum atomic E-state index is 12.1. The minimum Gasteiger partial charge on any atom is -0.466 e. The average Bonchev–Trinajstić information content (AvgIpc) is 2.56. The first-order chi connectivity index (χ1) is 11.0. The average molecular weight is 314 g/mol. The van der Waals surface area contributed by atoms with Crippen LogP contribution in [0.4, 0.5) is 5.82 Å². The Hall–Kier alpha value is -2.96. The van der Waals surface area contributed by atoms with Gasteiger partial charge in [0, 0.05) is 37.7 Å². The van der Waals surface area contributed by atoms with E-state index in [1.54, 1.807) is 12.1 Å². The largest absolute Gasteiger partial charge is 0.466 e. The van der Waals surface area contributed by atoms with E-state index in [0.29, 0.717) is 11.1 Å².